The molecule has 1 N–H and O–H groups in total. The summed E-state index contributed by atoms with van der Waals surface area (Å²) in [6, 6.07) is 6.47. The van der Waals surface area contributed by atoms with Gasteiger partial charge in [0.2, 0.25) is 0 Å². The lowest BCUT2D eigenvalue weighted by Gasteiger charge is -2.04. The normalized spacial score (nSPS) is 10.2. The first-order valence-corrected chi connectivity index (χ1v) is 5.64. The lowest BCUT2D eigenvalue weighted by Crippen LogP contribution is -2.15. The Hall–Kier alpha value is -2.50. The van der Waals surface area contributed by atoms with Gasteiger partial charge in [0.15, 0.2) is 5.69 Å². The van der Waals surface area contributed by atoms with E-state index in [1.807, 2.05) is 0 Å². The summed E-state index contributed by atoms with van der Waals surface area (Å²) in [6.45, 7) is 1.85. The number of benzene rings is 1. The van der Waals surface area contributed by atoms with E-state index in [1.54, 1.807) is 6.92 Å². The predicted octanol–water partition coefficient (Wildman–Crippen LogP) is 1.75. The summed E-state index contributed by atoms with van der Waals surface area (Å²) >= 11 is 0. The topological polar surface area (TPSA) is 72.1 Å². The summed E-state index contributed by atoms with van der Waals surface area (Å²) in [5, 5.41) is 0. The van der Waals surface area contributed by atoms with E-state index in [2.05, 4.69) is 9.97 Å². The van der Waals surface area contributed by atoms with Gasteiger partial charge in [0.25, 0.3) is 5.56 Å². The van der Waals surface area contributed by atoms with Gasteiger partial charge >= 0.3 is 5.97 Å². The average molecular weight is 262 g/mol. The summed E-state index contributed by atoms with van der Waals surface area (Å²) in [4.78, 5) is 29.5. The zero-order valence-corrected chi connectivity index (χ0v) is 10.1. The summed E-state index contributed by atoms with van der Waals surface area (Å²) in [6.07, 6.45) is 0. The molecule has 0 unspecified atom stereocenters. The number of aromatic nitrogens is 2. The monoisotopic (exact) mass is 262 g/mol. The van der Waals surface area contributed by atoms with E-state index >= 15 is 0 Å². The van der Waals surface area contributed by atoms with Gasteiger partial charge in [-0.15, -0.1) is 0 Å². The molecule has 1 heterocycles. The first-order chi connectivity index (χ1) is 9.10. The summed E-state index contributed by atoms with van der Waals surface area (Å²) in [7, 11) is 0. The van der Waals surface area contributed by atoms with Gasteiger partial charge in [0, 0.05) is 11.6 Å². The van der Waals surface area contributed by atoms with E-state index in [0.717, 1.165) is 6.07 Å². The molecule has 0 aliphatic rings. The van der Waals surface area contributed by atoms with Crippen molar-refractivity contribution in [3.63, 3.8) is 0 Å². The summed E-state index contributed by atoms with van der Waals surface area (Å²) in [5.74, 6) is -0.875. The number of carbonyl (C=O) groups excluding carboxylic acids is 1. The van der Waals surface area contributed by atoms with Gasteiger partial charge in [-0.05, 0) is 31.2 Å². The van der Waals surface area contributed by atoms with Crippen LogP contribution in [-0.4, -0.2) is 22.5 Å². The lowest BCUT2D eigenvalue weighted by atomic mass is 10.2. The van der Waals surface area contributed by atoms with Crippen molar-refractivity contribution in [2.75, 3.05) is 6.61 Å². The van der Waals surface area contributed by atoms with Gasteiger partial charge in [-0.25, -0.2) is 14.2 Å². The number of nitrogens with one attached hydrogen (secondary N) is 1. The van der Waals surface area contributed by atoms with Gasteiger partial charge < -0.3 is 9.72 Å². The molecule has 0 aliphatic heterocycles. The molecule has 0 bridgehead atoms. The highest BCUT2D eigenvalue weighted by Gasteiger charge is 2.12. The Morgan fingerprint density at radius 3 is 2.68 bits per heavy atom. The van der Waals surface area contributed by atoms with Crippen molar-refractivity contribution < 1.29 is 13.9 Å². The Bertz CT molecular complexity index is 650. The third-order valence-corrected chi connectivity index (χ3v) is 2.34. The van der Waals surface area contributed by atoms with Crippen LogP contribution in [0.5, 0.6) is 0 Å². The molecule has 0 spiro atoms. The quantitative estimate of drug-likeness (QED) is 0.855. The van der Waals surface area contributed by atoms with Crippen molar-refractivity contribution in [3.8, 4) is 11.4 Å². The van der Waals surface area contributed by atoms with Crippen molar-refractivity contribution in [3.05, 3.63) is 52.2 Å². The van der Waals surface area contributed by atoms with Gasteiger partial charge in [-0.2, -0.15) is 0 Å². The standard InChI is InChI=1S/C13H11FN2O3/c1-2-19-13(18)10-7-11(17)16-12(15-10)8-3-5-9(14)6-4-8/h3-7H,2H2,1H3,(H,15,16,17). The molecule has 0 radical (unpaired) electrons. The Morgan fingerprint density at radius 1 is 1.37 bits per heavy atom. The van der Waals surface area contributed by atoms with Crippen LogP contribution < -0.4 is 5.56 Å². The second-order valence-electron chi connectivity index (χ2n) is 3.71. The van der Waals surface area contributed by atoms with E-state index in [9.17, 15) is 14.0 Å². The van der Waals surface area contributed by atoms with Crippen LogP contribution in [0.4, 0.5) is 4.39 Å². The molecule has 0 aliphatic carbocycles. The highest BCUT2D eigenvalue weighted by atomic mass is 19.1. The number of hydrogen-bond donors (Lipinski definition) is 1. The number of aromatic amines is 1. The van der Waals surface area contributed by atoms with Crippen molar-refractivity contribution in [2.45, 2.75) is 6.92 Å². The largest absolute Gasteiger partial charge is 0.461 e. The highest BCUT2D eigenvalue weighted by molar-refractivity contribution is 5.87. The zero-order chi connectivity index (χ0) is 13.8. The fourth-order valence-corrected chi connectivity index (χ4v) is 1.51. The maximum Gasteiger partial charge on any atom is 0.357 e. The highest BCUT2D eigenvalue weighted by Crippen LogP contribution is 2.14. The maximum absolute atomic E-state index is 12.8. The third kappa shape index (κ3) is 3.04. The predicted molar refractivity (Wildman–Crippen MR) is 66.2 cm³/mol. The minimum absolute atomic E-state index is 0.0788. The summed E-state index contributed by atoms with van der Waals surface area (Å²) < 4.78 is 17.6. The van der Waals surface area contributed by atoms with Crippen molar-refractivity contribution in [1.82, 2.24) is 9.97 Å². The lowest BCUT2D eigenvalue weighted by molar-refractivity contribution is 0.0519. The first kappa shape index (κ1) is 12.9. The molecular weight excluding hydrogens is 251 g/mol. The van der Waals surface area contributed by atoms with E-state index in [4.69, 9.17) is 4.74 Å². The van der Waals surface area contributed by atoms with Crippen molar-refractivity contribution in [2.24, 2.45) is 0 Å². The van der Waals surface area contributed by atoms with Gasteiger partial charge in [-0.1, -0.05) is 0 Å². The van der Waals surface area contributed by atoms with Crippen LogP contribution in [0, 0.1) is 5.82 Å². The van der Waals surface area contributed by atoms with Crippen LogP contribution in [0.3, 0.4) is 0 Å². The molecule has 5 nitrogen and oxygen atoms in total. The smallest absolute Gasteiger partial charge is 0.357 e. The van der Waals surface area contributed by atoms with Gasteiger partial charge in [0.1, 0.15) is 11.6 Å². The van der Waals surface area contributed by atoms with Gasteiger partial charge in [0.05, 0.1) is 6.61 Å². The first-order valence-electron chi connectivity index (χ1n) is 5.64. The molecule has 2 aromatic rings. The fourth-order valence-electron chi connectivity index (χ4n) is 1.51. The van der Waals surface area contributed by atoms with Crippen LogP contribution in [0.1, 0.15) is 17.4 Å². The van der Waals surface area contributed by atoms with E-state index in [1.165, 1.54) is 24.3 Å². The molecule has 0 atom stereocenters. The number of halogens is 1. The average Bonchev–Trinajstić information content (AvgIpc) is 2.39. The van der Waals surface area contributed by atoms with E-state index in [0.29, 0.717) is 5.56 Å². The molecule has 1 aromatic carbocycles. The number of H-pyrrole nitrogens is 1. The van der Waals surface area contributed by atoms with E-state index < -0.39 is 17.3 Å². The van der Waals surface area contributed by atoms with Crippen LogP contribution >= 0.6 is 0 Å². The molecule has 0 saturated heterocycles. The minimum Gasteiger partial charge on any atom is -0.461 e. The maximum atomic E-state index is 12.8. The summed E-state index contributed by atoms with van der Waals surface area (Å²) in [5.41, 5.74) is -0.0491. The third-order valence-electron chi connectivity index (χ3n) is 2.34. The Morgan fingerprint density at radius 2 is 2.05 bits per heavy atom. The molecule has 98 valence electrons. The SMILES string of the molecule is CCOC(=O)c1cc(=O)[nH]c(-c2ccc(F)cc2)n1. The molecule has 1 aromatic heterocycles. The second-order valence-corrected chi connectivity index (χ2v) is 3.71. The Balaban J connectivity index is 2.44. The van der Waals surface area contributed by atoms with Crippen LogP contribution in [0.25, 0.3) is 11.4 Å². The Labute approximate surface area is 108 Å². The number of nitrogens with zero attached hydrogens (tertiary/aromatic N) is 1. The minimum atomic E-state index is -0.669. The van der Waals surface area contributed by atoms with Crippen molar-refractivity contribution in [1.29, 1.82) is 0 Å². The number of carbonyl (C=O) groups is 1. The van der Waals surface area contributed by atoms with Gasteiger partial charge in [-0.3, -0.25) is 4.79 Å². The number of rotatable bonds is 3. The molecule has 19 heavy (non-hydrogen) atoms. The fraction of sp³-hybridized carbons (Fsp3) is 0.154. The molecular formula is C13H11FN2O3. The number of esters is 1. The number of hydrogen-bond acceptors (Lipinski definition) is 4. The molecule has 2 rings (SSSR count). The second kappa shape index (κ2) is 5.43. The molecule has 0 fully saturated rings. The van der Waals surface area contributed by atoms with Crippen molar-refractivity contribution >= 4 is 5.97 Å². The molecule has 6 heteroatoms. The molecule has 0 amide bonds. The van der Waals surface area contributed by atoms with E-state index in [-0.39, 0.29) is 18.1 Å². The number of ether oxygens (including phenoxy) is 1. The van der Waals surface area contributed by atoms with Crippen LogP contribution in [-0.2, 0) is 4.74 Å². The zero-order valence-electron chi connectivity index (χ0n) is 10.1. The van der Waals surface area contributed by atoms with Crippen LogP contribution in [0.15, 0.2) is 35.1 Å². The molecule has 0 saturated carbocycles. The Kier molecular flexibility index (Phi) is 3.70. The van der Waals surface area contributed by atoms with Crippen LogP contribution in [0.2, 0.25) is 0 Å².